The number of methoxy groups -OCH3 is 1. The maximum Gasteiger partial charge on any atom is 0.142 e. The number of aryl methyl sites for hydroxylation is 1. The Morgan fingerprint density at radius 3 is 2.47 bits per heavy atom. The first-order valence-electron chi connectivity index (χ1n) is 7.33. The van der Waals surface area contributed by atoms with E-state index in [0.717, 1.165) is 5.75 Å². The predicted molar refractivity (Wildman–Crippen MR) is 79.1 cm³/mol. The van der Waals surface area contributed by atoms with Crippen LogP contribution in [0, 0.1) is 6.92 Å². The molecule has 2 unspecified atom stereocenters. The number of hydrogen-bond acceptors (Lipinski definition) is 3. The Kier molecular flexibility index (Phi) is 3.40. The molecular formula is C16H24N2O. The Bertz CT molecular complexity index is 446. The van der Waals surface area contributed by atoms with Gasteiger partial charge in [-0.3, -0.25) is 0 Å². The quantitative estimate of drug-likeness (QED) is 0.904. The van der Waals surface area contributed by atoms with Crippen molar-refractivity contribution in [3.8, 4) is 5.75 Å². The number of rotatable bonds is 3. The van der Waals surface area contributed by atoms with E-state index in [9.17, 15) is 0 Å². The summed E-state index contributed by atoms with van der Waals surface area (Å²) in [6.07, 6.45) is 5.15. The zero-order valence-electron chi connectivity index (χ0n) is 12.1. The summed E-state index contributed by atoms with van der Waals surface area (Å²) in [5.74, 6) is 1.02. The van der Waals surface area contributed by atoms with Crippen molar-refractivity contribution >= 4 is 5.69 Å². The Morgan fingerprint density at radius 2 is 1.89 bits per heavy atom. The zero-order chi connectivity index (χ0) is 13.4. The van der Waals surface area contributed by atoms with Crippen molar-refractivity contribution in [1.82, 2.24) is 5.32 Å². The van der Waals surface area contributed by atoms with Crippen molar-refractivity contribution in [3.63, 3.8) is 0 Å². The lowest BCUT2D eigenvalue weighted by molar-refractivity contribution is 0.365. The lowest BCUT2D eigenvalue weighted by Gasteiger charge is -2.41. The monoisotopic (exact) mass is 260 g/mol. The van der Waals surface area contributed by atoms with Gasteiger partial charge in [0.05, 0.1) is 12.8 Å². The fraction of sp³-hybridized carbons (Fsp3) is 0.625. The smallest absolute Gasteiger partial charge is 0.142 e. The number of piperidine rings is 1. The summed E-state index contributed by atoms with van der Waals surface area (Å²) >= 11 is 0. The molecule has 0 aliphatic carbocycles. The summed E-state index contributed by atoms with van der Waals surface area (Å²) in [6.45, 7) is 2.16. The third-order valence-electron chi connectivity index (χ3n) is 4.75. The van der Waals surface area contributed by atoms with Crippen LogP contribution in [-0.2, 0) is 0 Å². The van der Waals surface area contributed by atoms with Crippen molar-refractivity contribution in [1.29, 1.82) is 0 Å². The molecule has 19 heavy (non-hydrogen) atoms. The maximum absolute atomic E-state index is 5.57. The molecule has 2 fully saturated rings. The molecule has 104 valence electrons. The third kappa shape index (κ3) is 2.20. The summed E-state index contributed by atoms with van der Waals surface area (Å²) in [5.41, 5.74) is 2.61. The van der Waals surface area contributed by atoms with Gasteiger partial charge in [-0.1, -0.05) is 6.07 Å². The fourth-order valence-corrected chi connectivity index (χ4v) is 3.81. The first-order valence-corrected chi connectivity index (χ1v) is 7.33. The van der Waals surface area contributed by atoms with Crippen LogP contribution in [0.4, 0.5) is 5.69 Å². The van der Waals surface area contributed by atoms with Gasteiger partial charge in [0.2, 0.25) is 0 Å². The van der Waals surface area contributed by atoms with E-state index < -0.39 is 0 Å². The molecule has 0 aromatic heterocycles. The van der Waals surface area contributed by atoms with Gasteiger partial charge in [-0.15, -0.1) is 0 Å². The van der Waals surface area contributed by atoms with Gasteiger partial charge >= 0.3 is 0 Å². The molecule has 3 heteroatoms. The number of anilines is 1. The van der Waals surface area contributed by atoms with Crippen molar-refractivity contribution in [2.75, 3.05) is 19.1 Å². The molecule has 3 nitrogen and oxygen atoms in total. The number of benzene rings is 1. The van der Waals surface area contributed by atoms with Crippen LogP contribution in [0.5, 0.6) is 5.75 Å². The van der Waals surface area contributed by atoms with E-state index in [0.29, 0.717) is 18.1 Å². The molecule has 2 heterocycles. The van der Waals surface area contributed by atoms with Gasteiger partial charge in [-0.05, 0) is 57.4 Å². The molecule has 0 amide bonds. The van der Waals surface area contributed by atoms with Gasteiger partial charge in [0.25, 0.3) is 0 Å². The molecule has 1 aromatic carbocycles. The van der Waals surface area contributed by atoms with Gasteiger partial charge in [0, 0.05) is 18.1 Å². The normalized spacial score (nSPS) is 29.6. The lowest BCUT2D eigenvalue weighted by atomic mass is 9.96. The van der Waals surface area contributed by atoms with Crippen LogP contribution < -0.4 is 15.0 Å². The third-order valence-corrected chi connectivity index (χ3v) is 4.75. The van der Waals surface area contributed by atoms with E-state index in [2.05, 4.69) is 42.4 Å². The van der Waals surface area contributed by atoms with Crippen LogP contribution in [0.15, 0.2) is 18.2 Å². The Balaban J connectivity index is 1.93. The highest BCUT2D eigenvalue weighted by Gasteiger charge is 2.41. The van der Waals surface area contributed by atoms with Gasteiger partial charge in [0.1, 0.15) is 5.75 Å². The van der Waals surface area contributed by atoms with Gasteiger partial charge in [-0.25, -0.2) is 0 Å². The second-order valence-electron chi connectivity index (χ2n) is 5.92. The van der Waals surface area contributed by atoms with E-state index in [1.54, 1.807) is 7.11 Å². The average molecular weight is 260 g/mol. The summed E-state index contributed by atoms with van der Waals surface area (Å²) in [6, 6.07) is 8.55. The van der Waals surface area contributed by atoms with Gasteiger partial charge < -0.3 is 15.0 Å². The number of fused-ring (bicyclic) bond motifs is 2. The van der Waals surface area contributed by atoms with Crippen molar-refractivity contribution in [2.24, 2.45) is 0 Å². The Morgan fingerprint density at radius 1 is 1.21 bits per heavy atom. The lowest BCUT2D eigenvalue weighted by Crippen LogP contribution is -2.48. The molecule has 1 N–H and O–H groups in total. The molecule has 2 bridgehead atoms. The highest BCUT2D eigenvalue weighted by molar-refractivity contribution is 5.62. The van der Waals surface area contributed by atoms with Crippen LogP contribution in [-0.4, -0.2) is 32.3 Å². The van der Waals surface area contributed by atoms with Crippen LogP contribution >= 0.6 is 0 Å². The molecule has 2 aliphatic heterocycles. The van der Waals surface area contributed by atoms with Gasteiger partial charge in [-0.2, -0.15) is 0 Å². The topological polar surface area (TPSA) is 24.5 Å². The minimum atomic E-state index is 0.673. The maximum atomic E-state index is 5.57. The van der Waals surface area contributed by atoms with E-state index in [4.69, 9.17) is 4.74 Å². The van der Waals surface area contributed by atoms with Crippen molar-refractivity contribution < 1.29 is 4.74 Å². The number of ether oxygens (including phenoxy) is 1. The summed E-state index contributed by atoms with van der Waals surface area (Å²) in [4.78, 5) is 2.62. The number of nitrogens with one attached hydrogen (secondary N) is 1. The molecule has 0 saturated carbocycles. The minimum absolute atomic E-state index is 0.673. The predicted octanol–water partition coefficient (Wildman–Crippen LogP) is 2.72. The fourth-order valence-electron chi connectivity index (χ4n) is 3.81. The highest BCUT2D eigenvalue weighted by atomic mass is 16.5. The van der Waals surface area contributed by atoms with Crippen LogP contribution in [0.1, 0.15) is 31.2 Å². The van der Waals surface area contributed by atoms with Crippen LogP contribution in [0.25, 0.3) is 0 Å². The second kappa shape index (κ2) is 5.04. The van der Waals surface area contributed by atoms with E-state index in [1.807, 2.05) is 0 Å². The van der Waals surface area contributed by atoms with Crippen LogP contribution in [0.3, 0.4) is 0 Å². The molecule has 2 saturated heterocycles. The molecule has 2 aliphatic rings. The Hall–Kier alpha value is -1.22. The summed E-state index contributed by atoms with van der Waals surface area (Å²) in [5, 5.41) is 3.46. The van der Waals surface area contributed by atoms with E-state index in [-0.39, 0.29) is 0 Å². The largest absolute Gasteiger partial charge is 0.495 e. The van der Waals surface area contributed by atoms with Crippen molar-refractivity contribution in [3.05, 3.63) is 23.8 Å². The molecule has 0 spiro atoms. The standard InChI is InChI=1S/C16H24N2O/c1-11-4-7-16(19-3)15(8-11)18-13-5-6-14(18)10-12(9-13)17-2/h4,7-8,12-14,17H,5-6,9-10H2,1-3H3. The second-order valence-corrected chi connectivity index (χ2v) is 5.92. The first-order chi connectivity index (χ1) is 9.22. The van der Waals surface area contributed by atoms with Crippen LogP contribution in [0.2, 0.25) is 0 Å². The summed E-state index contributed by atoms with van der Waals surface area (Å²) in [7, 11) is 3.86. The number of hydrogen-bond donors (Lipinski definition) is 1. The molecule has 2 atom stereocenters. The SMILES string of the molecule is CNC1CC2CCC(C1)N2c1cc(C)ccc1OC. The average Bonchev–Trinajstić information content (AvgIpc) is 2.68. The highest BCUT2D eigenvalue weighted by Crippen LogP contribution is 2.43. The molecular weight excluding hydrogens is 236 g/mol. The van der Waals surface area contributed by atoms with Gasteiger partial charge in [0.15, 0.2) is 0 Å². The molecule has 1 aromatic rings. The minimum Gasteiger partial charge on any atom is -0.495 e. The first kappa shape index (κ1) is 12.8. The Labute approximate surface area is 115 Å². The summed E-state index contributed by atoms with van der Waals surface area (Å²) < 4.78 is 5.57. The van der Waals surface area contributed by atoms with E-state index >= 15 is 0 Å². The van der Waals surface area contributed by atoms with Crippen molar-refractivity contribution in [2.45, 2.75) is 50.7 Å². The van der Waals surface area contributed by atoms with E-state index in [1.165, 1.54) is 36.9 Å². The molecule has 3 rings (SSSR count). The number of nitrogens with zero attached hydrogens (tertiary/aromatic N) is 1. The zero-order valence-corrected chi connectivity index (χ0v) is 12.1. The molecule has 0 radical (unpaired) electrons.